The lowest BCUT2D eigenvalue weighted by molar-refractivity contribution is -0.139. The Morgan fingerprint density at radius 1 is 1.19 bits per heavy atom. The van der Waals surface area contributed by atoms with Gasteiger partial charge in [0.2, 0.25) is 0 Å². The minimum absolute atomic E-state index is 0.0976. The lowest BCUT2D eigenvalue weighted by Gasteiger charge is -2.49. The Labute approximate surface area is 191 Å². The van der Waals surface area contributed by atoms with Gasteiger partial charge in [-0.05, 0) is 51.4 Å². The van der Waals surface area contributed by atoms with Crippen LogP contribution in [-0.4, -0.2) is 62.4 Å². The Kier molecular flexibility index (Phi) is 8.68. The molecule has 1 aromatic rings. The maximum atomic E-state index is 13.5. The largest absolute Gasteiger partial charge is 0.597 e. The van der Waals surface area contributed by atoms with Crippen LogP contribution in [0, 0.1) is 0 Å². The van der Waals surface area contributed by atoms with Gasteiger partial charge in [-0.1, -0.05) is 36.1 Å². The Bertz CT molecular complexity index is 814. The van der Waals surface area contributed by atoms with Crippen molar-refractivity contribution in [1.29, 1.82) is 0 Å². The van der Waals surface area contributed by atoms with E-state index in [1.165, 1.54) is 6.92 Å². The van der Waals surface area contributed by atoms with Crippen molar-refractivity contribution in [3.05, 3.63) is 29.8 Å². The molecule has 0 aromatic heterocycles. The predicted molar refractivity (Wildman–Crippen MR) is 128 cm³/mol. The highest BCUT2D eigenvalue weighted by Crippen LogP contribution is 2.41. The maximum absolute atomic E-state index is 13.5. The highest BCUT2D eigenvalue weighted by Gasteiger charge is 2.54. The van der Waals surface area contributed by atoms with Gasteiger partial charge in [0.25, 0.3) is 0 Å². The first-order chi connectivity index (χ1) is 14.2. The zero-order valence-electron chi connectivity index (χ0n) is 19.8. The Morgan fingerprint density at radius 2 is 1.77 bits per heavy atom. The highest BCUT2D eigenvalue weighted by molar-refractivity contribution is 7.90. The summed E-state index contributed by atoms with van der Waals surface area (Å²) in [6, 6.07) is 7.93. The third-order valence-electron chi connectivity index (χ3n) is 5.06. The smallest absolute Gasteiger partial charge is 0.308 e. The van der Waals surface area contributed by atoms with Gasteiger partial charge >= 0.3 is 10.1 Å². The topological polar surface area (TPSA) is 88.1 Å². The molecule has 0 radical (unpaired) electrons. The first-order valence-corrected chi connectivity index (χ1v) is 17.0. The van der Waals surface area contributed by atoms with E-state index >= 15 is 0 Å². The lowest BCUT2D eigenvalue weighted by atomic mass is 9.88. The van der Waals surface area contributed by atoms with E-state index in [9.17, 15) is 13.0 Å². The molecule has 1 fully saturated rings. The third-order valence-corrected chi connectivity index (χ3v) is 9.82. The number of benzene rings is 1. The monoisotopic (exact) mass is 491 g/mol. The van der Waals surface area contributed by atoms with Crippen molar-refractivity contribution in [1.82, 2.24) is 4.31 Å². The molecule has 0 bridgehead atoms. The Balaban J connectivity index is 2.26. The fourth-order valence-corrected chi connectivity index (χ4v) is 5.60. The lowest BCUT2D eigenvalue weighted by Crippen LogP contribution is -2.64. The van der Waals surface area contributed by atoms with Gasteiger partial charge in [-0.15, -0.1) is 0 Å². The van der Waals surface area contributed by atoms with Gasteiger partial charge < -0.3 is 18.2 Å². The average molecular weight is 492 g/mol. The first-order valence-electron chi connectivity index (χ1n) is 10.6. The molecule has 0 amide bonds. The van der Waals surface area contributed by atoms with Crippen molar-refractivity contribution in [2.75, 3.05) is 32.3 Å². The van der Waals surface area contributed by atoms with E-state index in [1.807, 2.05) is 37.2 Å². The normalized spacial score (nSPS) is 18.0. The second-order valence-electron chi connectivity index (χ2n) is 10.1. The summed E-state index contributed by atoms with van der Waals surface area (Å²) in [6.45, 7) is 15.9. The van der Waals surface area contributed by atoms with Crippen LogP contribution in [0.2, 0.25) is 25.7 Å². The number of nitrogens with zero attached hydrogens (tertiary/aromatic N) is 1. The van der Waals surface area contributed by atoms with Gasteiger partial charge in [0.05, 0.1) is 19.0 Å². The van der Waals surface area contributed by atoms with Crippen LogP contribution in [-0.2, 0) is 36.5 Å². The fraction of sp³-hybridized carbons (Fsp3) is 0.714. The summed E-state index contributed by atoms with van der Waals surface area (Å²) in [5, 5.41) is 0. The van der Waals surface area contributed by atoms with E-state index in [0.29, 0.717) is 19.8 Å². The molecule has 0 N–H and O–H groups in total. The molecule has 1 aliphatic rings. The molecule has 2 rings (SSSR count). The van der Waals surface area contributed by atoms with Gasteiger partial charge in [0.1, 0.15) is 22.8 Å². The summed E-state index contributed by atoms with van der Waals surface area (Å²) < 4.78 is 55.0. The van der Waals surface area contributed by atoms with Gasteiger partial charge in [-0.25, -0.2) is 0 Å². The molecule has 31 heavy (non-hydrogen) atoms. The van der Waals surface area contributed by atoms with Crippen molar-refractivity contribution in [2.24, 2.45) is 0 Å². The van der Waals surface area contributed by atoms with Crippen LogP contribution < -0.4 is 4.18 Å². The first kappa shape index (κ1) is 26.6. The van der Waals surface area contributed by atoms with Crippen molar-refractivity contribution in [2.45, 2.75) is 63.7 Å². The van der Waals surface area contributed by atoms with Crippen LogP contribution in [0.15, 0.2) is 24.3 Å². The average Bonchev–Trinajstić information content (AvgIpc) is 2.61. The SMILES string of the molecule is CCS(=O)(=O)Oc1ccc(C2(N(COCC[Si](C)(C)C)[S+]([O-])C(C)(C)C)COC2)cc1. The molecule has 1 unspecified atom stereocenters. The van der Waals surface area contributed by atoms with Crippen LogP contribution in [0.4, 0.5) is 0 Å². The number of ether oxygens (including phenoxy) is 2. The summed E-state index contributed by atoms with van der Waals surface area (Å²) in [5.41, 5.74) is 0.297. The molecule has 0 saturated carbocycles. The molecule has 10 heteroatoms. The van der Waals surface area contributed by atoms with Gasteiger partial charge in [0, 0.05) is 26.0 Å². The quantitative estimate of drug-likeness (QED) is 0.153. The van der Waals surface area contributed by atoms with Crippen LogP contribution in [0.25, 0.3) is 0 Å². The molecular weight excluding hydrogens is 454 g/mol. The standard InChI is InChI=1S/C21H37NO6S2Si/c1-8-30(24,25)28-19-11-9-18(10-12-19)21(15-27-16-21)22(29(23)20(2,3)4)17-26-13-14-31(5,6)7/h9-12H,8,13-17H2,1-7H3. The van der Waals surface area contributed by atoms with Crippen molar-refractivity contribution in [3.63, 3.8) is 0 Å². The second-order valence-corrected chi connectivity index (χ2v) is 19.7. The molecule has 7 nitrogen and oxygen atoms in total. The zero-order chi connectivity index (χ0) is 23.5. The van der Waals surface area contributed by atoms with Gasteiger partial charge in [-0.2, -0.15) is 8.42 Å². The Hall–Kier alpha value is -0.623. The number of hydrogen-bond acceptors (Lipinski definition) is 7. The zero-order valence-corrected chi connectivity index (χ0v) is 22.4. The fourth-order valence-electron chi connectivity index (χ4n) is 2.96. The van der Waals surface area contributed by atoms with E-state index in [2.05, 4.69) is 19.6 Å². The van der Waals surface area contributed by atoms with Crippen LogP contribution in [0.3, 0.4) is 0 Å². The molecule has 0 aliphatic carbocycles. The summed E-state index contributed by atoms with van der Waals surface area (Å²) in [5.74, 6) is 0.162. The highest BCUT2D eigenvalue weighted by atomic mass is 32.2. The Morgan fingerprint density at radius 3 is 2.19 bits per heavy atom. The van der Waals surface area contributed by atoms with E-state index in [-0.39, 0.29) is 18.2 Å². The van der Waals surface area contributed by atoms with Gasteiger partial charge in [0.15, 0.2) is 0 Å². The summed E-state index contributed by atoms with van der Waals surface area (Å²) >= 11 is -1.33. The van der Waals surface area contributed by atoms with Crippen molar-refractivity contribution < 1.29 is 26.6 Å². The third kappa shape index (κ3) is 7.18. The molecule has 1 atom stereocenters. The minimum Gasteiger partial charge on any atom is -0.597 e. The van der Waals surface area contributed by atoms with E-state index < -0.39 is 39.8 Å². The van der Waals surface area contributed by atoms with Crippen LogP contribution in [0.5, 0.6) is 5.75 Å². The summed E-state index contributed by atoms with van der Waals surface area (Å²) in [7, 11) is -4.82. The maximum Gasteiger partial charge on any atom is 0.308 e. The van der Waals surface area contributed by atoms with Gasteiger partial charge in [-0.3, -0.25) is 0 Å². The van der Waals surface area contributed by atoms with Crippen molar-refractivity contribution >= 4 is 29.6 Å². The minimum atomic E-state index is -3.59. The van der Waals surface area contributed by atoms with Crippen LogP contribution >= 0.6 is 0 Å². The second kappa shape index (κ2) is 10.1. The predicted octanol–water partition coefficient (Wildman–Crippen LogP) is 3.72. The summed E-state index contributed by atoms with van der Waals surface area (Å²) in [6.07, 6.45) is 0. The van der Waals surface area contributed by atoms with E-state index in [4.69, 9.17) is 13.7 Å². The van der Waals surface area contributed by atoms with E-state index in [0.717, 1.165) is 11.6 Å². The van der Waals surface area contributed by atoms with Crippen LogP contribution in [0.1, 0.15) is 33.3 Å². The molecule has 1 aromatic carbocycles. The summed E-state index contributed by atoms with van der Waals surface area (Å²) in [4.78, 5) is 0. The van der Waals surface area contributed by atoms with E-state index in [1.54, 1.807) is 12.1 Å². The molecular formula is C21H37NO6S2Si. The molecule has 0 spiro atoms. The number of hydrogen-bond donors (Lipinski definition) is 0. The molecule has 1 saturated heterocycles. The van der Waals surface area contributed by atoms with Crippen molar-refractivity contribution in [3.8, 4) is 5.75 Å². The molecule has 178 valence electrons. The number of rotatable bonds is 11. The molecule has 1 aliphatic heterocycles. The molecule has 1 heterocycles.